The molecule has 0 spiro atoms. The summed E-state index contributed by atoms with van der Waals surface area (Å²) in [5.74, 6) is -0.522. The van der Waals surface area contributed by atoms with Crippen molar-refractivity contribution < 1.29 is 8.78 Å². The molecular formula is C8H8ClF2N. The van der Waals surface area contributed by atoms with Crippen LogP contribution in [0.1, 0.15) is 11.6 Å². The highest BCUT2D eigenvalue weighted by atomic mass is 35.5. The highest BCUT2D eigenvalue weighted by Gasteiger charge is 2.07. The molecule has 2 N–H and O–H groups in total. The van der Waals surface area contributed by atoms with Gasteiger partial charge in [0.05, 0.1) is 11.1 Å². The van der Waals surface area contributed by atoms with E-state index in [4.69, 9.17) is 17.3 Å². The number of halogens is 3. The average Bonchev–Trinajstić information content (AvgIpc) is 2.08. The Bertz CT molecular complexity index is 278. The molecule has 12 heavy (non-hydrogen) atoms. The molecule has 0 saturated carbocycles. The van der Waals surface area contributed by atoms with Gasteiger partial charge in [0.1, 0.15) is 12.5 Å². The SMILES string of the molecule is N[C@H](CF)c1ccc(F)c(Cl)c1. The zero-order valence-corrected chi connectivity index (χ0v) is 6.98. The lowest BCUT2D eigenvalue weighted by molar-refractivity contribution is 0.437. The molecule has 1 aromatic rings. The van der Waals surface area contributed by atoms with E-state index in [0.29, 0.717) is 5.56 Å². The van der Waals surface area contributed by atoms with E-state index in [1.807, 2.05) is 0 Å². The van der Waals surface area contributed by atoms with Crippen LogP contribution >= 0.6 is 11.6 Å². The van der Waals surface area contributed by atoms with Crippen molar-refractivity contribution in [2.75, 3.05) is 6.67 Å². The standard InChI is InChI=1S/C8H8ClF2N/c9-6-3-5(8(12)4-10)1-2-7(6)11/h1-3,8H,4,12H2/t8-/m1/s1. The summed E-state index contributed by atoms with van der Waals surface area (Å²) < 4.78 is 24.6. The topological polar surface area (TPSA) is 26.0 Å². The third-order valence-electron chi connectivity index (χ3n) is 1.54. The van der Waals surface area contributed by atoms with Gasteiger partial charge in [0.2, 0.25) is 0 Å². The smallest absolute Gasteiger partial charge is 0.141 e. The van der Waals surface area contributed by atoms with Crippen LogP contribution in [0.15, 0.2) is 18.2 Å². The van der Waals surface area contributed by atoms with Crippen molar-refractivity contribution in [2.45, 2.75) is 6.04 Å². The number of hydrogen-bond acceptors (Lipinski definition) is 1. The lowest BCUT2D eigenvalue weighted by Crippen LogP contribution is -2.11. The van der Waals surface area contributed by atoms with Crippen molar-refractivity contribution in [3.8, 4) is 0 Å². The maximum absolute atomic E-state index is 12.6. The van der Waals surface area contributed by atoms with E-state index in [2.05, 4.69) is 0 Å². The Morgan fingerprint density at radius 3 is 2.67 bits per heavy atom. The molecule has 0 amide bonds. The Morgan fingerprint density at radius 2 is 2.17 bits per heavy atom. The maximum Gasteiger partial charge on any atom is 0.141 e. The Kier molecular flexibility index (Phi) is 3.00. The molecule has 0 bridgehead atoms. The van der Waals surface area contributed by atoms with E-state index in [1.165, 1.54) is 18.2 Å². The Morgan fingerprint density at radius 1 is 1.50 bits per heavy atom. The summed E-state index contributed by atoms with van der Waals surface area (Å²) in [4.78, 5) is 0. The van der Waals surface area contributed by atoms with Gasteiger partial charge >= 0.3 is 0 Å². The fourth-order valence-electron chi connectivity index (χ4n) is 0.832. The van der Waals surface area contributed by atoms with Crippen LogP contribution in [0.5, 0.6) is 0 Å². The van der Waals surface area contributed by atoms with Crippen LogP contribution < -0.4 is 5.73 Å². The van der Waals surface area contributed by atoms with Gasteiger partial charge in [-0.15, -0.1) is 0 Å². The summed E-state index contributed by atoms with van der Waals surface area (Å²) in [6.45, 7) is -0.679. The summed E-state index contributed by atoms with van der Waals surface area (Å²) >= 11 is 5.46. The fraction of sp³-hybridized carbons (Fsp3) is 0.250. The molecule has 0 aliphatic carbocycles. The first kappa shape index (κ1) is 9.42. The number of benzene rings is 1. The molecule has 0 unspecified atom stereocenters. The van der Waals surface area contributed by atoms with Gasteiger partial charge in [-0.2, -0.15) is 0 Å². The first-order chi connectivity index (χ1) is 5.65. The van der Waals surface area contributed by atoms with Crippen molar-refractivity contribution in [1.82, 2.24) is 0 Å². The zero-order valence-electron chi connectivity index (χ0n) is 6.23. The number of hydrogen-bond donors (Lipinski definition) is 1. The second-order valence-electron chi connectivity index (χ2n) is 2.43. The first-order valence-corrected chi connectivity index (χ1v) is 3.79. The highest BCUT2D eigenvalue weighted by Crippen LogP contribution is 2.19. The molecule has 0 aliphatic heterocycles. The number of rotatable bonds is 2. The van der Waals surface area contributed by atoms with Gasteiger partial charge in [0, 0.05) is 0 Å². The zero-order chi connectivity index (χ0) is 9.14. The van der Waals surface area contributed by atoms with Crippen LogP contribution in [-0.4, -0.2) is 6.67 Å². The molecule has 0 aromatic heterocycles. The van der Waals surface area contributed by atoms with Crippen molar-refractivity contribution in [1.29, 1.82) is 0 Å². The molecule has 1 atom stereocenters. The molecular weight excluding hydrogens is 184 g/mol. The van der Waals surface area contributed by atoms with Crippen LogP contribution in [0.25, 0.3) is 0 Å². The molecule has 0 radical (unpaired) electrons. The van der Waals surface area contributed by atoms with Gasteiger partial charge in [-0.1, -0.05) is 17.7 Å². The average molecular weight is 192 g/mol. The summed E-state index contributed by atoms with van der Waals surface area (Å²) in [5.41, 5.74) is 5.86. The first-order valence-electron chi connectivity index (χ1n) is 3.41. The molecule has 4 heteroatoms. The molecule has 0 saturated heterocycles. The van der Waals surface area contributed by atoms with E-state index in [-0.39, 0.29) is 5.02 Å². The van der Waals surface area contributed by atoms with E-state index in [9.17, 15) is 8.78 Å². The van der Waals surface area contributed by atoms with Crippen LogP contribution in [0.2, 0.25) is 5.02 Å². The molecule has 0 aliphatic rings. The van der Waals surface area contributed by atoms with Crippen LogP contribution in [0.3, 0.4) is 0 Å². The minimum Gasteiger partial charge on any atom is -0.322 e. The summed E-state index contributed by atoms with van der Waals surface area (Å²) in [6.07, 6.45) is 0. The lowest BCUT2D eigenvalue weighted by atomic mass is 10.1. The fourth-order valence-corrected chi connectivity index (χ4v) is 1.02. The van der Waals surface area contributed by atoms with Crippen molar-refractivity contribution >= 4 is 11.6 Å². The second kappa shape index (κ2) is 3.83. The van der Waals surface area contributed by atoms with Gasteiger partial charge < -0.3 is 5.73 Å². The van der Waals surface area contributed by atoms with Gasteiger partial charge in [-0.05, 0) is 17.7 Å². The van der Waals surface area contributed by atoms with Gasteiger partial charge in [0.25, 0.3) is 0 Å². The number of nitrogens with two attached hydrogens (primary N) is 1. The number of alkyl halides is 1. The van der Waals surface area contributed by atoms with Gasteiger partial charge in [-0.25, -0.2) is 8.78 Å². The van der Waals surface area contributed by atoms with Gasteiger partial charge in [-0.3, -0.25) is 0 Å². The van der Waals surface area contributed by atoms with Crippen LogP contribution in [-0.2, 0) is 0 Å². The monoisotopic (exact) mass is 191 g/mol. The Balaban J connectivity index is 2.96. The predicted molar refractivity (Wildman–Crippen MR) is 44.3 cm³/mol. The molecule has 0 fully saturated rings. The van der Waals surface area contributed by atoms with Crippen molar-refractivity contribution in [2.24, 2.45) is 5.73 Å². The van der Waals surface area contributed by atoms with E-state index < -0.39 is 18.5 Å². The Labute approximate surface area is 74.1 Å². The van der Waals surface area contributed by atoms with Crippen molar-refractivity contribution in [3.05, 3.63) is 34.6 Å². The largest absolute Gasteiger partial charge is 0.322 e. The Hall–Kier alpha value is -0.670. The molecule has 1 nitrogen and oxygen atoms in total. The predicted octanol–water partition coefficient (Wildman–Crippen LogP) is 2.45. The van der Waals surface area contributed by atoms with E-state index >= 15 is 0 Å². The summed E-state index contributed by atoms with van der Waals surface area (Å²) in [5, 5.41) is -0.0311. The summed E-state index contributed by atoms with van der Waals surface area (Å²) in [6, 6.07) is 3.21. The third kappa shape index (κ3) is 1.93. The van der Waals surface area contributed by atoms with Crippen LogP contribution in [0.4, 0.5) is 8.78 Å². The molecule has 66 valence electrons. The minimum atomic E-state index is -0.719. The molecule has 1 aromatic carbocycles. The lowest BCUT2D eigenvalue weighted by Gasteiger charge is -2.07. The minimum absolute atomic E-state index is 0.0311. The third-order valence-corrected chi connectivity index (χ3v) is 1.83. The van der Waals surface area contributed by atoms with Crippen LogP contribution in [0, 0.1) is 5.82 Å². The second-order valence-corrected chi connectivity index (χ2v) is 2.84. The maximum atomic E-state index is 12.6. The van der Waals surface area contributed by atoms with Gasteiger partial charge in [0.15, 0.2) is 0 Å². The van der Waals surface area contributed by atoms with E-state index in [0.717, 1.165) is 0 Å². The molecule has 1 rings (SSSR count). The normalized spacial score (nSPS) is 13.0. The highest BCUT2D eigenvalue weighted by molar-refractivity contribution is 6.30. The quantitative estimate of drug-likeness (QED) is 0.764. The molecule has 0 heterocycles. The summed E-state index contributed by atoms with van der Waals surface area (Å²) in [7, 11) is 0. The van der Waals surface area contributed by atoms with E-state index in [1.54, 1.807) is 0 Å². The van der Waals surface area contributed by atoms with Crippen molar-refractivity contribution in [3.63, 3.8) is 0 Å².